The second kappa shape index (κ2) is 5.85. The summed E-state index contributed by atoms with van der Waals surface area (Å²) in [7, 11) is 0. The molecule has 0 saturated heterocycles. The van der Waals surface area contributed by atoms with Crippen LogP contribution in [0.5, 0.6) is 0 Å². The molecule has 110 valence electrons. The summed E-state index contributed by atoms with van der Waals surface area (Å²) in [4.78, 5) is 16.1. The Kier molecular flexibility index (Phi) is 3.74. The minimum absolute atomic E-state index is 0.0160. The van der Waals surface area contributed by atoms with Gasteiger partial charge in [-0.25, -0.2) is 9.78 Å². The Balaban J connectivity index is 2.02. The third-order valence-electron chi connectivity index (χ3n) is 3.45. The van der Waals surface area contributed by atoms with E-state index in [0.717, 1.165) is 6.42 Å². The van der Waals surface area contributed by atoms with Crippen LogP contribution in [0.15, 0.2) is 57.7 Å². The molecule has 3 rings (SSSR count). The standard InChI is InChI=1S/C18H15NO3/c1-2-12-7-9-13(10-8-12)16(20)11-15-18(21)22-17-6-4-3-5-14(17)19-15/h3-11,20H,2H2,1H3. The molecule has 0 aliphatic carbocycles. The van der Waals surface area contributed by atoms with Crippen molar-refractivity contribution in [1.29, 1.82) is 0 Å². The molecule has 4 heteroatoms. The smallest absolute Gasteiger partial charge is 0.362 e. The summed E-state index contributed by atoms with van der Waals surface area (Å²) >= 11 is 0. The van der Waals surface area contributed by atoms with Crippen LogP contribution in [0.1, 0.15) is 23.7 Å². The molecule has 0 aliphatic heterocycles. The van der Waals surface area contributed by atoms with Crippen LogP contribution in [0.3, 0.4) is 0 Å². The summed E-state index contributed by atoms with van der Waals surface area (Å²) in [5, 5.41) is 10.2. The highest BCUT2D eigenvalue weighted by atomic mass is 16.4. The zero-order valence-corrected chi connectivity index (χ0v) is 12.1. The summed E-state index contributed by atoms with van der Waals surface area (Å²) in [6.45, 7) is 2.06. The molecule has 1 aromatic heterocycles. The van der Waals surface area contributed by atoms with E-state index in [4.69, 9.17) is 4.42 Å². The van der Waals surface area contributed by atoms with Crippen molar-refractivity contribution < 1.29 is 9.52 Å². The van der Waals surface area contributed by atoms with E-state index in [1.807, 2.05) is 30.3 Å². The highest BCUT2D eigenvalue weighted by Gasteiger charge is 2.07. The van der Waals surface area contributed by atoms with Gasteiger partial charge in [-0.15, -0.1) is 0 Å². The van der Waals surface area contributed by atoms with Crippen LogP contribution in [0.2, 0.25) is 0 Å². The highest BCUT2D eigenvalue weighted by molar-refractivity contribution is 5.78. The van der Waals surface area contributed by atoms with Crippen LogP contribution >= 0.6 is 0 Å². The Bertz CT molecular complexity index is 892. The minimum atomic E-state index is -0.574. The van der Waals surface area contributed by atoms with Crippen LogP contribution in [-0.4, -0.2) is 10.1 Å². The van der Waals surface area contributed by atoms with Gasteiger partial charge in [-0.2, -0.15) is 0 Å². The monoisotopic (exact) mass is 293 g/mol. The number of para-hydroxylation sites is 2. The van der Waals surface area contributed by atoms with Gasteiger partial charge in [0.15, 0.2) is 11.3 Å². The summed E-state index contributed by atoms with van der Waals surface area (Å²) in [5.41, 5.74) is 2.32. The van der Waals surface area contributed by atoms with Gasteiger partial charge < -0.3 is 9.52 Å². The normalized spacial score (nSPS) is 11.8. The molecule has 0 aliphatic rings. The molecule has 0 amide bonds. The SMILES string of the molecule is CCc1ccc(C(O)=Cc2nc3ccccc3oc2=O)cc1. The molecular weight excluding hydrogens is 278 g/mol. The number of benzene rings is 2. The average Bonchev–Trinajstić information content (AvgIpc) is 2.55. The first-order chi connectivity index (χ1) is 10.7. The molecule has 1 heterocycles. The lowest BCUT2D eigenvalue weighted by Crippen LogP contribution is -2.06. The number of aliphatic hydroxyl groups excluding tert-OH is 1. The van der Waals surface area contributed by atoms with Crippen LogP contribution in [-0.2, 0) is 6.42 Å². The van der Waals surface area contributed by atoms with Gasteiger partial charge in [-0.1, -0.05) is 43.3 Å². The minimum Gasteiger partial charge on any atom is -0.507 e. The van der Waals surface area contributed by atoms with E-state index in [9.17, 15) is 9.90 Å². The number of nitrogens with zero attached hydrogens (tertiary/aromatic N) is 1. The molecule has 0 saturated carbocycles. The van der Waals surface area contributed by atoms with Crippen molar-refractivity contribution in [1.82, 2.24) is 4.98 Å². The lowest BCUT2D eigenvalue weighted by molar-refractivity contribution is 0.514. The molecule has 0 bridgehead atoms. The first-order valence-corrected chi connectivity index (χ1v) is 7.07. The summed E-state index contributed by atoms with van der Waals surface area (Å²) in [5.74, 6) is -0.0160. The van der Waals surface area contributed by atoms with E-state index in [2.05, 4.69) is 11.9 Å². The van der Waals surface area contributed by atoms with Crippen molar-refractivity contribution in [2.24, 2.45) is 0 Å². The van der Waals surface area contributed by atoms with Crippen molar-refractivity contribution in [3.05, 3.63) is 75.8 Å². The largest absolute Gasteiger partial charge is 0.507 e. The van der Waals surface area contributed by atoms with Crippen molar-refractivity contribution in [2.45, 2.75) is 13.3 Å². The fourth-order valence-electron chi connectivity index (χ4n) is 2.18. The Hall–Kier alpha value is -2.88. The van der Waals surface area contributed by atoms with Crippen molar-refractivity contribution in [3.8, 4) is 0 Å². The lowest BCUT2D eigenvalue weighted by atomic mass is 10.1. The second-order valence-corrected chi connectivity index (χ2v) is 4.93. The zero-order chi connectivity index (χ0) is 15.5. The van der Waals surface area contributed by atoms with Gasteiger partial charge in [0.25, 0.3) is 0 Å². The molecule has 0 spiro atoms. The number of hydrogen-bond acceptors (Lipinski definition) is 4. The maximum Gasteiger partial charge on any atom is 0.362 e. The quantitative estimate of drug-likeness (QED) is 0.746. The average molecular weight is 293 g/mol. The van der Waals surface area contributed by atoms with E-state index in [1.165, 1.54) is 11.6 Å². The summed E-state index contributed by atoms with van der Waals surface area (Å²) in [6.07, 6.45) is 2.26. The van der Waals surface area contributed by atoms with Gasteiger partial charge in [0.2, 0.25) is 0 Å². The van der Waals surface area contributed by atoms with Crippen LogP contribution in [0.4, 0.5) is 0 Å². The van der Waals surface area contributed by atoms with Crippen molar-refractivity contribution in [3.63, 3.8) is 0 Å². The van der Waals surface area contributed by atoms with E-state index >= 15 is 0 Å². The van der Waals surface area contributed by atoms with Gasteiger partial charge >= 0.3 is 5.63 Å². The van der Waals surface area contributed by atoms with Gasteiger partial charge in [0.1, 0.15) is 11.3 Å². The third kappa shape index (κ3) is 2.76. The van der Waals surface area contributed by atoms with E-state index < -0.39 is 5.63 Å². The predicted octanol–water partition coefficient (Wildman–Crippen LogP) is 3.81. The molecule has 0 unspecified atom stereocenters. The Morgan fingerprint density at radius 1 is 1.18 bits per heavy atom. The predicted molar refractivity (Wildman–Crippen MR) is 86.6 cm³/mol. The number of aryl methyl sites for hydroxylation is 1. The molecule has 22 heavy (non-hydrogen) atoms. The molecule has 0 fully saturated rings. The number of hydrogen-bond donors (Lipinski definition) is 1. The molecule has 3 aromatic rings. The molecular formula is C18H15NO3. The van der Waals surface area contributed by atoms with Crippen molar-refractivity contribution >= 4 is 22.9 Å². The number of aromatic nitrogens is 1. The van der Waals surface area contributed by atoms with Crippen molar-refractivity contribution in [2.75, 3.05) is 0 Å². The van der Waals surface area contributed by atoms with E-state index in [0.29, 0.717) is 16.7 Å². The number of rotatable bonds is 3. The molecule has 4 nitrogen and oxygen atoms in total. The maximum absolute atomic E-state index is 11.9. The lowest BCUT2D eigenvalue weighted by Gasteiger charge is -2.02. The van der Waals surface area contributed by atoms with Crippen LogP contribution in [0.25, 0.3) is 22.9 Å². The third-order valence-corrected chi connectivity index (χ3v) is 3.45. The molecule has 0 radical (unpaired) electrons. The Morgan fingerprint density at radius 3 is 2.64 bits per heavy atom. The molecule has 0 atom stereocenters. The maximum atomic E-state index is 11.9. The summed E-state index contributed by atoms with van der Waals surface area (Å²) in [6, 6.07) is 14.5. The number of fused-ring (bicyclic) bond motifs is 1. The fourth-order valence-corrected chi connectivity index (χ4v) is 2.18. The number of aliphatic hydroxyl groups is 1. The van der Waals surface area contributed by atoms with E-state index in [-0.39, 0.29) is 11.5 Å². The van der Waals surface area contributed by atoms with Gasteiger partial charge in [-0.05, 0) is 24.1 Å². The first kappa shape index (κ1) is 14.1. The first-order valence-electron chi connectivity index (χ1n) is 7.07. The molecule has 1 N–H and O–H groups in total. The Morgan fingerprint density at radius 2 is 1.91 bits per heavy atom. The van der Waals surface area contributed by atoms with E-state index in [1.54, 1.807) is 18.2 Å². The zero-order valence-electron chi connectivity index (χ0n) is 12.1. The van der Waals surface area contributed by atoms with Gasteiger partial charge in [0, 0.05) is 11.6 Å². The summed E-state index contributed by atoms with van der Waals surface area (Å²) < 4.78 is 5.19. The van der Waals surface area contributed by atoms with Gasteiger partial charge in [0.05, 0.1) is 0 Å². The van der Waals surface area contributed by atoms with Gasteiger partial charge in [-0.3, -0.25) is 0 Å². The molecule has 2 aromatic carbocycles. The van der Waals surface area contributed by atoms with Crippen LogP contribution in [0, 0.1) is 0 Å². The van der Waals surface area contributed by atoms with Crippen LogP contribution < -0.4 is 5.63 Å². The second-order valence-electron chi connectivity index (χ2n) is 4.93. The Labute approximate surface area is 127 Å². The highest BCUT2D eigenvalue weighted by Crippen LogP contribution is 2.16. The fraction of sp³-hybridized carbons (Fsp3) is 0.111. The topological polar surface area (TPSA) is 63.3 Å².